The second-order valence-corrected chi connectivity index (χ2v) is 5.15. The van der Waals surface area contributed by atoms with Crippen molar-refractivity contribution in [1.82, 2.24) is 5.32 Å². The first kappa shape index (κ1) is 18.9. The fraction of sp³-hybridized carbons (Fsp3) is 0.500. The van der Waals surface area contributed by atoms with E-state index >= 15 is 0 Å². The van der Waals surface area contributed by atoms with Crippen LogP contribution < -0.4 is 5.32 Å². The topological polar surface area (TPSA) is 92.5 Å². The number of hydrogen-bond acceptors (Lipinski definition) is 4. The summed E-state index contributed by atoms with van der Waals surface area (Å²) in [6.07, 6.45) is -4.93. The Bertz CT molecular complexity index is 590. The molecular weight excluding hydrogens is 317 g/mol. The van der Waals surface area contributed by atoms with E-state index in [4.69, 9.17) is 0 Å². The minimum Gasteiger partial charge on any atom is -0.391 e. The highest BCUT2D eigenvalue weighted by Crippen LogP contribution is 2.32. The van der Waals surface area contributed by atoms with Crippen LogP contribution in [0.1, 0.15) is 36.2 Å². The molecule has 0 aliphatic rings. The zero-order chi connectivity index (χ0) is 17.8. The van der Waals surface area contributed by atoms with Gasteiger partial charge in [-0.1, -0.05) is 20.3 Å². The molecule has 0 aromatic heterocycles. The summed E-state index contributed by atoms with van der Waals surface area (Å²) in [4.78, 5) is 21.8. The molecule has 1 rings (SSSR count). The van der Waals surface area contributed by atoms with Gasteiger partial charge in [0.2, 0.25) is 0 Å². The summed E-state index contributed by atoms with van der Waals surface area (Å²) in [5.74, 6) is -1.01. The van der Waals surface area contributed by atoms with Crippen molar-refractivity contribution in [2.75, 3.05) is 6.54 Å². The van der Waals surface area contributed by atoms with E-state index < -0.39 is 39.9 Å². The molecule has 6 nitrogen and oxygen atoms in total. The fourth-order valence-electron chi connectivity index (χ4n) is 1.82. The Morgan fingerprint density at radius 2 is 2.04 bits per heavy atom. The average molecular weight is 334 g/mol. The SMILES string of the molecule is CCC(C)C(O)CNC(=O)c1ccc(C(F)(F)F)cc1[N+](=O)[O-]. The van der Waals surface area contributed by atoms with Gasteiger partial charge in [-0.2, -0.15) is 13.2 Å². The number of carbonyl (C=O) groups excluding carboxylic acids is 1. The Labute approximate surface area is 130 Å². The van der Waals surface area contributed by atoms with E-state index in [0.29, 0.717) is 18.6 Å². The van der Waals surface area contributed by atoms with Gasteiger partial charge in [0.1, 0.15) is 5.56 Å². The lowest BCUT2D eigenvalue weighted by molar-refractivity contribution is -0.385. The number of rotatable bonds is 6. The van der Waals surface area contributed by atoms with Crippen LogP contribution in [-0.2, 0) is 6.18 Å². The molecular formula is C14H17F3N2O4. The summed E-state index contributed by atoms with van der Waals surface area (Å²) in [6, 6.07) is 1.68. The molecule has 1 aromatic carbocycles. The predicted octanol–water partition coefficient (Wildman–Crippen LogP) is 2.75. The number of alkyl halides is 3. The second-order valence-electron chi connectivity index (χ2n) is 5.15. The van der Waals surface area contributed by atoms with Gasteiger partial charge < -0.3 is 10.4 Å². The Kier molecular flexibility index (Phi) is 6.08. The molecule has 0 radical (unpaired) electrons. The van der Waals surface area contributed by atoms with Gasteiger partial charge >= 0.3 is 6.18 Å². The van der Waals surface area contributed by atoms with Gasteiger partial charge in [-0.05, 0) is 18.1 Å². The quantitative estimate of drug-likeness (QED) is 0.618. The number of nitro groups is 1. The summed E-state index contributed by atoms with van der Waals surface area (Å²) in [5.41, 5.74) is -2.63. The molecule has 0 fully saturated rings. The lowest BCUT2D eigenvalue weighted by Crippen LogP contribution is -2.35. The van der Waals surface area contributed by atoms with Gasteiger partial charge in [-0.3, -0.25) is 14.9 Å². The molecule has 2 atom stereocenters. The Hall–Kier alpha value is -2.16. The van der Waals surface area contributed by atoms with E-state index in [1.165, 1.54) is 0 Å². The summed E-state index contributed by atoms with van der Waals surface area (Å²) in [5, 5.41) is 22.9. The molecule has 0 saturated heterocycles. The van der Waals surface area contributed by atoms with Crippen LogP contribution in [0.3, 0.4) is 0 Å². The maximum atomic E-state index is 12.6. The zero-order valence-corrected chi connectivity index (χ0v) is 12.6. The van der Waals surface area contributed by atoms with E-state index in [2.05, 4.69) is 5.32 Å². The summed E-state index contributed by atoms with van der Waals surface area (Å²) in [7, 11) is 0. The van der Waals surface area contributed by atoms with E-state index in [-0.39, 0.29) is 12.5 Å². The van der Waals surface area contributed by atoms with Crippen LogP contribution in [0.25, 0.3) is 0 Å². The molecule has 23 heavy (non-hydrogen) atoms. The maximum absolute atomic E-state index is 12.6. The van der Waals surface area contributed by atoms with E-state index in [0.717, 1.165) is 6.07 Å². The van der Waals surface area contributed by atoms with Crippen LogP contribution >= 0.6 is 0 Å². The first-order valence-electron chi connectivity index (χ1n) is 6.89. The molecule has 0 aliphatic carbocycles. The first-order valence-corrected chi connectivity index (χ1v) is 6.89. The summed E-state index contributed by atoms with van der Waals surface area (Å²) < 4.78 is 37.8. The molecule has 1 amide bonds. The van der Waals surface area contributed by atoms with Crippen molar-refractivity contribution in [2.45, 2.75) is 32.5 Å². The number of benzene rings is 1. The monoisotopic (exact) mass is 334 g/mol. The molecule has 9 heteroatoms. The lowest BCUT2D eigenvalue weighted by Gasteiger charge is -2.17. The smallest absolute Gasteiger partial charge is 0.391 e. The Balaban J connectivity index is 2.99. The Morgan fingerprint density at radius 3 is 2.52 bits per heavy atom. The number of carbonyl (C=O) groups is 1. The van der Waals surface area contributed by atoms with Crippen molar-refractivity contribution in [3.8, 4) is 0 Å². The van der Waals surface area contributed by atoms with Crippen LogP contribution in [0.5, 0.6) is 0 Å². The third-order valence-electron chi connectivity index (χ3n) is 3.54. The van der Waals surface area contributed by atoms with Gasteiger partial charge in [-0.25, -0.2) is 0 Å². The highest BCUT2D eigenvalue weighted by atomic mass is 19.4. The van der Waals surface area contributed by atoms with Crippen molar-refractivity contribution in [3.05, 3.63) is 39.4 Å². The molecule has 1 aromatic rings. The van der Waals surface area contributed by atoms with Crippen molar-refractivity contribution in [2.24, 2.45) is 5.92 Å². The van der Waals surface area contributed by atoms with Crippen molar-refractivity contribution in [1.29, 1.82) is 0 Å². The fourth-order valence-corrected chi connectivity index (χ4v) is 1.82. The zero-order valence-electron chi connectivity index (χ0n) is 12.6. The van der Waals surface area contributed by atoms with Crippen molar-refractivity contribution in [3.63, 3.8) is 0 Å². The van der Waals surface area contributed by atoms with Gasteiger partial charge in [0.25, 0.3) is 11.6 Å². The molecule has 128 valence electrons. The third-order valence-corrected chi connectivity index (χ3v) is 3.54. The third kappa shape index (κ3) is 4.92. The molecule has 2 unspecified atom stereocenters. The number of aliphatic hydroxyl groups is 1. The highest BCUT2D eigenvalue weighted by molar-refractivity contribution is 5.98. The number of aliphatic hydroxyl groups excluding tert-OH is 1. The number of hydrogen-bond donors (Lipinski definition) is 2. The number of nitrogens with zero attached hydrogens (tertiary/aromatic N) is 1. The van der Waals surface area contributed by atoms with Crippen LogP contribution in [0.2, 0.25) is 0 Å². The second kappa shape index (κ2) is 7.40. The van der Waals surface area contributed by atoms with Gasteiger partial charge in [-0.15, -0.1) is 0 Å². The molecule has 2 N–H and O–H groups in total. The summed E-state index contributed by atoms with van der Waals surface area (Å²) >= 11 is 0. The van der Waals surface area contributed by atoms with E-state index in [1.807, 2.05) is 6.92 Å². The first-order chi connectivity index (χ1) is 10.6. The number of nitro benzene ring substituents is 1. The lowest BCUT2D eigenvalue weighted by atomic mass is 10.0. The molecule has 0 aliphatic heterocycles. The minimum atomic E-state index is -4.74. The van der Waals surface area contributed by atoms with E-state index in [9.17, 15) is 33.2 Å². The molecule has 0 heterocycles. The standard InChI is InChI=1S/C14H17F3N2O4/c1-3-8(2)12(20)7-18-13(21)10-5-4-9(14(15,16)17)6-11(10)19(22)23/h4-6,8,12,20H,3,7H2,1-2H3,(H,18,21). The number of halogens is 3. The van der Waals surface area contributed by atoms with Gasteiger partial charge in [0.15, 0.2) is 0 Å². The average Bonchev–Trinajstić information content (AvgIpc) is 2.49. The molecule has 0 bridgehead atoms. The highest BCUT2D eigenvalue weighted by Gasteiger charge is 2.34. The molecule has 0 spiro atoms. The van der Waals surface area contributed by atoms with Crippen LogP contribution in [0, 0.1) is 16.0 Å². The van der Waals surface area contributed by atoms with Crippen molar-refractivity contribution < 1.29 is 28.0 Å². The minimum absolute atomic E-state index is 0.0992. The Morgan fingerprint density at radius 1 is 1.43 bits per heavy atom. The summed E-state index contributed by atoms with van der Waals surface area (Å²) in [6.45, 7) is 3.46. The number of amides is 1. The predicted molar refractivity (Wildman–Crippen MR) is 75.9 cm³/mol. The number of nitrogens with one attached hydrogen (secondary N) is 1. The largest absolute Gasteiger partial charge is 0.416 e. The van der Waals surface area contributed by atoms with Gasteiger partial charge in [0, 0.05) is 12.6 Å². The van der Waals surface area contributed by atoms with Crippen molar-refractivity contribution >= 4 is 11.6 Å². The van der Waals surface area contributed by atoms with Crippen LogP contribution in [-0.4, -0.2) is 28.6 Å². The van der Waals surface area contributed by atoms with Crippen LogP contribution in [0.15, 0.2) is 18.2 Å². The van der Waals surface area contributed by atoms with Crippen LogP contribution in [0.4, 0.5) is 18.9 Å². The molecule has 0 saturated carbocycles. The van der Waals surface area contributed by atoms with E-state index in [1.54, 1.807) is 6.92 Å². The maximum Gasteiger partial charge on any atom is 0.416 e. The normalized spacial score (nSPS) is 14.2. The van der Waals surface area contributed by atoms with Gasteiger partial charge in [0.05, 0.1) is 16.6 Å².